The predicted octanol–water partition coefficient (Wildman–Crippen LogP) is 0.168. The molecule has 2 aliphatic rings. The number of hydrogen-bond donors (Lipinski definition) is 2. The summed E-state index contributed by atoms with van der Waals surface area (Å²) in [5, 5.41) is 2.84. The van der Waals surface area contributed by atoms with E-state index in [0.29, 0.717) is 4.75 Å². The van der Waals surface area contributed by atoms with Gasteiger partial charge < -0.3 is 20.9 Å². The summed E-state index contributed by atoms with van der Waals surface area (Å²) >= 11 is 1.91. The summed E-state index contributed by atoms with van der Waals surface area (Å²) in [6.45, 7) is 6.46. The number of rotatable bonds is 5. The molecular formula is C12H24N4OS. The van der Waals surface area contributed by atoms with Crippen molar-refractivity contribution in [3.05, 3.63) is 0 Å². The van der Waals surface area contributed by atoms with Crippen LogP contribution >= 0.6 is 11.8 Å². The Morgan fingerprint density at radius 2 is 2.06 bits per heavy atom. The largest absolute Gasteiger partial charge is 0.336 e. The summed E-state index contributed by atoms with van der Waals surface area (Å²) in [7, 11) is 0. The molecule has 2 heterocycles. The van der Waals surface area contributed by atoms with Gasteiger partial charge in [0.1, 0.15) is 0 Å². The maximum absolute atomic E-state index is 11.4. The molecule has 2 rings (SSSR count). The van der Waals surface area contributed by atoms with Crippen LogP contribution in [0, 0.1) is 0 Å². The molecule has 0 unspecified atom stereocenters. The first-order chi connectivity index (χ1) is 8.69. The highest BCUT2D eigenvalue weighted by Crippen LogP contribution is 2.33. The third-order valence-electron chi connectivity index (χ3n) is 4.20. The molecule has 6 heteroatoms. The zero-order valence-corrected chi connectivity index (χ0v) is 12.0. The number of hydrogen-bond acceptors (Lipinski definition) is 4. The number of urea groups is 1. The van der Waals surface area contributed by atoms with Crippen molar-refractivity contribution in [1.29, 1.82) is 0 Å². The Balaban J connectivity index is 1.72. The van der Waals surface area contributed by atoms with Crippen molar-refractivity contribution in [2.75, 3.05) is 52.1 Å². The fourth-order valence-corrected chi connectivity index (χ4v) is 3.42. The molecule has 2 fully saturated rings. The first-order valence-electron chi connectivity index (χ1n) is 6.69. The lowest BCUT2D eigenvalue weighted by molar-refractivity contribution is 0.175. The lowest BCUT2D eigenvalue weighted by Gasteiger charge is -2.40. The van der Waals surface area contributed by atoms with Crippen molar-refractivity contribution in [2.45, 2.75) is 17.6 Å². The Morgan fingerprint density at radius 1 is 1.33 bits per heavy atom. The highest BCUT2D eigenvalue weighted by molar-refractivity contribution is 8.00. The minimum absolute atomic E-state index is 0.0902. The van der Waals surface area contributed by atoms with Gasteiger partial charge in [-0.2, -0.15) is 11.8 Å². The molecule has 5 nitrogen and oxygen atoms in total. The number of nitrogens with two attached hydrogens (primary N) is 1. The fourth-order valence-electron chi connectivity index (χ4n) is 2.66. The van der Waals surface area contributed by atoms with E-state index in [-0.39, 0.29) is 6.03 Å². The zero-order chi connectivity index (χ0) is 13.0. The fraction of sp³-hybridized carbons (Fsp3) is 0.917. The molecule has 0 spiro atoms. The second-order valence-electron chi connectivity index (χ2n) is 5.15. The Hall–Kier alpha value is -0.460. The third-order valence-corrected chi connectivity index (χ3v) is 5.64. The number of thioether (sulfide) groups is 1. The molecule has 2 amide bonds. The molecule has 0 aromatic rings. The van der Waals surface area contributed by atoms with E-state index in [1.807, 2.05) is 16.7 Å². The van der Waals surface area contributed by atoms with E-state index in [2.05, 4.69) is 16.5 Å². The van der Waals surface area contributed by atoms with Crippen LogP contribution < -0.4 is 11.1 Å². The standard InChI is InChI=1S/C12H24N4OS/c1-18-12(10-13)2-5-15(6-3-12)8-9-16-7-4-14-11(16)17/h2-10,13H2,1H3,(H,14,17). The van der Waals surface area contributed by atoms with Crippen molar-refractivity contribution in [1.82, 2.24) is 15.1 Å². The number of nitrogens with one attached hydrogen (secondary N) is 1. The highest BCUT2D eigenvalue weighted by atomic mass is 32.2. The van der Waals surface area contributed by atoms with Gasteiger partial charge in [-0.1, -0.05) is 0 Å². The van der Waals surface area contributed by atoms with Crippen molar-refractivity contribution < 1.29 is 4.79 Å². The number of amides is 2. The van der Waals surface area contributed by atoms with Crippen LogP contribution in [-0.2, 0) is 0 Å². The maximum Gasteiger partial charge on any atom is 0.317 e. The van der Waals surface area contributed by atoms with Gasteiger partial charge in [0, 0.05) is 37.5 Å². The van der Waals surface area contributed by atoms with Gasteiger partial charge in [0.25, 0.3) is 0 Å². The number of nitrogens with zero attached hydrogens (tertiary/aromatic N) is 2. The normalized spacial score (nSPS) is 24.3. The summed E-state index contributed by atoms with van der Waals surface area (Å²) < 4.78 is 0.293. The van der Waals surface area contributed by atoms with Crippen LogP contribution in [0.4, 0.5) is 4.79 Å². The van der Waals surface area contributed by atoms with Crippen molar-refractivity contribution in [2.24, 2.45) is 5.73 Å². The van der Waals surface area contributed by atoms with E-state index in [4.69, 9.17) is 5.73 Å². The molecule has 18 heavy (non-hydrogen) atoms. The lowest BCUT2D eigenvalue weighted by Crippen LogP contribution is -2.48. The summed E-state index contributed by atoms with van der Waals surface area (Å²) in [4.78, 5) is 15.8. The Labute approximate surface area is 113 Å². The quantitative estimate of drug-likeness (QED) is 0.749. The SMILES string of the molecule is CSC1(CN)CCN(CCN2CCNC2=O)CC1. The second-order valence-corrected chi connectivity index (χ2v) is 6.43. The van der Waals surface area contributed by atoms with E-state index >= 15 is 0 Å². The minimum Gasteiger partial charge on any atom is -0.336 e. The van der Waals surface area contributed by atoms with Gasteiger partial charge in [-0.15, -0.1) is 0 Å². The van der Waals surface area contributed by atoms with Gasteiger partial charge in [-0.3, -0.25) is 0 Å². The number of carbonyl (C=O) groups is 1. The third kappa shape index (κ3) is 3.10. The molecule has 0 saturated carbocycles. The number of likely N-dealkylation sites (tertiary alicyclic amines) is 1. The van der Waals surface area contributed by atoms with Crippen molar-refractivity contribution in [3.8, 4) is 0 Å². The molecule has 0 aliphatic carbocycles. The van der Waals surface area contributed by atoms with E-state index < -0.39 is 0 Å². The van der Waals surface area contributed by atoms with Gasteiger partial charge in [-0.25, -0.2) is 4.79 Å². The smallest absolute Gasteiger partial charge is 0.317 e. The van der Waals surface area contributed by atoms with Gasteiger partial charge in [0.05, 0.1) is 0 Å². The Bertz CT molecular complexity index is 286. The summed E-state index contributed by atoms with van der Waals surface area (Å²) in [5.41, 5.74) is 5.89. The van der Waals surface area contributed by atoms with E-state index in [0.717, 1.165) is 58.7 Å². The van der Waals surface area contributed by atoms with Gasteiger partial charge in [0.15, 0.2) is 0 Å². The number of carbonyl (C=O) groups excluding carboxylic acids is 1. The van der Waals surface area contributed by atoms with Crippen LogP contribution in [-0.4, -0.2) is 72.6 Å². The van der Waals surface area contributed by atoms with Gasteiger partial charge in [-0.05, 0) is 32.2 Å². The Kier molecular flexibility index (Phi) is 4.75. The van der Waals surface area contributed by atoms with Crippen LogP contribution in [0.3, 0.4) is 0 Å². The van der Waals surface area contributed by atoms with E-state index in [1.165, 1.54) is 0 Å². The van der Waals surface area contributed by atoms with Crippen molar-refractivity contribution in [3.63, 3.8) is 0 Å². The molecule has 0 aromatic heterocycles. The van der Waals surface area contributed by atoms with Crippen LogP contribution in [0.2, 0.25) is 0 Å². The Morgan fingerprint density at radius 3 is 2.56 bits per heavy atom. The summed E-state index contributed by atoms with van der Waals surface area (Å²) in [6.07, 6.45) is 4.49. The molecule has 0 bridgehead atoms. The molecule has 2 aliphatic heterocycles. The monoisotopic (exact) mass is 272 g/mol. The summed E-state index contributed by atoms with van der Waals surface area (Å²) in [5.74, 6) is 0. The molecule has 0 radical (unpaired) electrons. The number of piperidine rings is 1. The maximum atomic E-state index is 11.4. The lowest BCUT2D eigenvalue weighted by atomic mass is 9.96. The van der Waals surface area contributed by atoms with Crippen molar-refractivity contribution >= 4 is 17.8 Å². The first kappa shape index (κ1) is 14.0. The topological polar surface area (TPSA) is 61.6 Å². The summed E-state index contributed by atoms with van der Waals surface area (Å²) in [6, 6.07) is 0.0902. The van der Waals surface area contributed by atoms with Gasteiger partial charge in [0.2, 0.25) is 0 Å². The molecule has 104 valence electrons. The molecule has 0 aromatic carbocycles. The average Bonchev–Trinajstić information content (AvgIpc) is 2.83. The second kappa shape index (κ2) is 6.12. The zero-order valence-electron chi connectivity index (χ0n) is 11.2. The van der Waals surface area contributed by atoms with Crippen LogP contribution in [0.5, 0.6) is 0 Å². The van der Waals surface area contributed by atoms with E-state index in [9.17, 15) is 4.79 Å². The molecule has 0 atom stereocenters. The first-order valence-corrected chi connectivity index (χ1v) is 7.92. The average molecular weight is 272 g/mol. The van der Waals surface area contributed by atoms with Crippen LogP contribution in [0.25, 0.3) is 0 Å². The molecule has 3 N–H and O–H groups in total. The molecule has 2 saturated heterocycles. The van der Waals surface area contributed by atoms with E-state index in [1.54, 1.807) is 0 Å². The highest BCUT2D eigenvalue weighted by Gasteiger charge is 2.32. The van der Waals surface area contributed by atoms with Crippen LogP contribution in [0.15, 0.2) is 0 Å². The molecular weight excluding hydrogens is 248 g/mol. The van der Waals surface area contributed by atoms with Gasteiger partial charge >= 0.3 is 6.03 Å². The minimum atomic E-state index is 0.0902. The van der Waals surface area contributed by atoms with Crippen LogP contribution in [0.1, 0.15) is 12.8 Å². The predicted molar refractivity (Wildman–Crippen MR) is 75.9 cm³/mol.